The molecule has 0 aliphatic carbocycles. The van der Waals surface area contributed by atoms with Gasteiger partial charge in [-0.05, 0) is 23.6 Å². The van der Waals surface area contributed by atoms with E-state index in [0.29, 0.717) is 41.0 Å². The van der Waals surface area contributed by atoms with Gasteiger partial charge < -0.3 is 5.32 Å². The summed E-state index contributed by atoms with van der Waals surface area (Å²) >= 11 is 5.97. The summed E-state index contributed by atoms with van der Waals surface area (Å²) in [6, 6.07) is 7.53. The van der Waals surface area contributed by atoms with Gasteiger partial charge >= 0.3 is 0 Å². The van der Waals surface area contributed by atoms with Crippen molar-refractivity contribution in [3.63, 3.8) is 0 Å². The predicted molar refractivity (Wildman–Crippen MR) is 91.8 cm³/mol. The second-order valence-electron chi connectivity index (χ2n) is 5.86. The van der Waals surface area contributed by atoms with Crippen molar-refractivity contribution in [2.75, 3.05) is 5.32 Å². The van der Waals surface area contributed by atoms with Crippen LogP contribution in [-0.2, 0) is 13.1 Å². The molecule has 1 aromatic carbocycles. The van der Waals surface area contributed by atoms with E-state index in [2.05, 4.69) is 34.2 Å². The van der Waals surface area contributed by atoms with Crippen LogP contribution in [0.25, 0.3) is 11.0 Å². The third-order valence-electron chi connectivity index (χ3n) is 3.39. The highest BCUT2D eigenvalue weighted by Gasteiger charge is 2.11. The zero-order chi connectivity index (χ0) is 16.4. The smallest absolute Gasteiger partial charge is 0.263 e. The number of halogens is 1. The summed E-state index contributed by atoms with van der Waals surface area (Å²) in [5.74, 6) is 0.843. The molecule has 6 nitrogen and oxygen atoms in total. The van der Waals surface area contributed by atoms with E-state index >= 15 is 0 Å². The number of aromatic amines is 1. The summed E-state index contributed by atoms with van der Waals surface area (Å²) in [4.78, 5) is 19.4. The van der Waals surface area contributed by atoms with Crippen LogP contribution in [0.15, 0.2) is 35.3 Å². The topological polar surface area (TPSA) is 75.6 Å². The molecule has 0 radical (unpaired) electrons. The largest absolute Gasteiger partial charge is 0.352 e. The zero-order valence-electron chi connectivity index (χ0n) is 13.0. The van der Waals surface area contributed by atoms with Crippen LogP contribution in [0.3, 0.4) is 0 Å². The molecular formula is C16H18ClN5O. The van der Waals surface area contributed by atoms with Crippen molar-refractivity contribution in [1.29, 1.82) is 0 Å². The Morgan fingerprint density at radius 1 is 1.39 bits per heavy atom. The van der Waals surface area contributed by atoms with E-state index in [9.17, 15) is 4.79 Å². The van der Waals surface area contributed by atoms with E-state index in [-0.39, 0.29) is 5.56 Å². The zero-order valence-corrected chi connectivity index (χ0v) is 13.8. The number of anilines is 1. The first kappa shape index (κ1) is 15.6. The standard InChI is InChI=1S/C16H18ClN5O/c1-10(2)9-22-14-13(8-19-22)15(23)21-16(20-14)18-7-11-4-3-5-12(17)6-11/h3-6,8,10H,7,9H2,1-2H3,(H2,18,20,21,23). The monoisotopic (exact) mass is 331 g/mol. The molecule has 0 fully saturated rings. The highest BCUT2D eigenvalue weighted by Crippen LogP contribution is 2.13. The lowest BCUT2D eigenvalue weighted by atomic mass is 10.2. The highest BCUT2D eigenvalue weighted by molar-refractivity contribution is 6.30. The summed E-state index contributed by atoms with van der Waals surface area (Å²) in [5.41, 5.74) is 1.41. The average molecular weight is 332 g/mol. The first-order valence-electron chi connectivity index (χ1n) is 7.47. The van der Waals surface area contributed by atoms with Gasteiger partial charge in [0, 0.05) is 18.1 Å². The van der Waals surface area contributed by atoms with E-state index in [1.165, 1.54) is 0 Å². The van der Waals surface area contributed by atoms with Crippen molar-refractivity contribution in [3.8, 4) is 0 Å². The normalized spacial score (nSPS) is 11.3. The van der Waals surface area contributed by atoms with E-state index < -0.39 is 0 Å². The summed E-state index contributed by atoms with van der Waals surface area (Å²) in [6.45, 7) is 5.43. The van der Waals surface area contributed by atoms with Crippen molar-refractivity contribution < 1.29 is 0 Å². The minimum absolute atomic E-state index is 0.196. The lowest BCUT2D eigenvalue weighted by Gasteiger charge is -2.08. The molecule has 0 saturated heterocycles. The maximum absolute atomic E-state index is 12.2. The summed E-state index contributed by atoms with van der Waals surface area (Å²) in [7, 11) is 0. The Morgan fingerprint density at radius 2 is 2.22 bits per heavy atom. The summed E-state index contributed by atoms with van der Waals surface area (Å²) in [6.07, 6.45) is 1.56. The van der Waals surface area contributed by atoms with Crippen molar-refractivity contribution in [3.05, 3.63) is 51.4 Å². The average Bonchev–Trinajstić information content (AvgIpc) is 2.88. The van der Waals surface area contributed by atoms with E-state index in [4.69, 9.17) is 11.6 Å². The lowest BCUT2D eigenvalue weighted by Crippen LogP contribution is -2.14. The number of nitrogens with one attached hydrogen (secondary N) is 2. The lowest BCUT2D eigenvalue weighted by molar-refractivity contribution is 0.492. The molecule has 0 spiro atoms. The number of benzene rings is 1. The first-order chi connectivity index (χ1) is 11.0. The molecule has 2 heterocycles. The SMILES string of the molecule is CC(C)Cn1ncc2c(=O)[nH]c(NCc3cccc(Cl)c3)nc21. The number of rotatable bonds is 5. The molecule has 120 valence electrons. The Balaban J connectivity index is 1.87. The van der Waals surface area contributed by atoms with Crippen molar-refractivity contribution in [2.45, 2.75) is 26.9 Å². The molecule has 0 aliphatic heterocycles. The Morgan fingerprint density at radius 3 is 2.96 bits per heavy atom. The van der Waals surface area contributed by atoms with Crippen LogP contribution in [0.4, 0.5) is 5.95 Å². The van der Waals surface area contributed by atoms with E-state index in [1.54, 1.807) is 10.9 Å². The molecule has 7 heteroatoms. The maximum atomic E-state index is 12.2. The molecule has 2 aromatic heterocycles. The molecule has 0 aliphatic rings. The third kappa shape index (κ3) is 3.53. The van der Waals surface area contributed by atoms with Gasteiger partial charge in [-0.3, -0.25) is 9.78 Å². The van der Waals surface area contributed by atoms with Crippen molar-refractivity contribution in [2.24, 2.45) is 5.92 Å². The maximum Gasteiger partial charge on any atom is 0.263 e. The Labute approximate surface area is 138 Å². The van der Waals surface area contributed by atoms with Crippen LogP contribution in [0.2, 0.25) is 5.02 Å². The van der Waals surface area contributed by atoms with Crippen molar-refractivity contribution in [1.82, 2.24) is 19.7 Å². The fraction of sp³-hybridized carbons (Fsp3) is 0.312. The molecule has 3 rings (SSSR count). The minimum atomic E-state index is -0.196. The predicted octanol–water partition coefficient (Wildman–Crippen LogP) is 3.04. The van der Waals surface area contributed by atoms with E-state index in [0.717, 1.165) is 5.56 Å². The molecule has 0 saturated carbocycles. The van der Waals surface area contributed by atoms with Gasteiger partial charge in [-0.2, -0.15) is 10.1 Å². The first-order valence-corrected chi connectivity index (χ1v) is 7.85. The van der Waals surface area contributed by atoms with Gasteiger partial charge in [-0.25, -0.2) is 4.68 Å². The van der Waals surface area contributed by atoms with E-state index in [1.807, 2.05) is 24.3 Å². The number of aromatic nitrogens is 4. The van der Waals surface area contributed by atoms with Crippen LogP contribution >= 0.6 is 11.6 Å². The number of H-pyrrole nitrogens is 1. The van der Waals surface area contributed by atoms with Gasteiger partial charge in [0.1, 0.15) is 5.39 Å². The molecule has 3 aromatic rings. The second-order valence-corrected chi connectivity index (χ2v) is 6.29. The second kappa shape index (κ2) is 6.42. The van der Waals surface area contributed by atoms with Gasteiger partial charge in [0.25, 0.3) is 5.56 Å². The molecule has 0 unspecified atom stereocenters. The van der Waals surface area contributed by atoms with Crippen LogP contribution in [0.5, 0.6) is 0 Å². The van der Waals surface area contributed by atoms with Crippen molar-refractivity contribution >= 4 is 28.6 Å². The third-order valence-corrected chi connectivity index (χ3v) is 3.63. The molecular weight excluding hydrogens is 314 g/mol. The number of hydrogen-bond acceptors (Lipinski definition) is 4. The van der Waals surface area contributed by atoms with Gasteiger partial charge in [-0.15, -0.1) is 0 Å². The molecule has 0 bridgehead atoms. The summed E-state index contributed by atoms with van der Waals surface area (Å²) < 4.78 is 1.76. The Bertz CT molecular complexity index is 884. The Hall–Kier alpha value is -2.34. The number of hydrogen-bond donors (Lipinski definition) is 2. The van der Waals surface area contributed by atoms with Crippen LogP contribution < -0.4 is 10.9 Å². The van der Waals surface area contributed by atoms with Crippen LogP contribution in [0, 0.1) is 5.92 Å². The van der Waals surface area contributed by atoms with Gasteiger partial charge in [-0.1, -0.05) is 37.6 Å². The number of nitrogens with zero attached hydrogens (tertiary/aromatic N) is 3. The molecule has 23 heavy (non-hydrogen) atoms. The van der Waals surface area contributed by atoms with Gasteiger partial charge in [0.05, 0.1) is 6.20 Å². The highest BCUT2D eigenvalue weighted by atomic mass is 35.5. The number of fused-ring (bicyclic) bond motifs is 1. The summed E-state index contributed by atoms with van der Waals surface area (Å²) in [5, 5.41) is 8.56. The van der Waals surface area contributed by atoms with Gasteiger partial charge in [0.15, 0.2) is 5.65 Å². The molecule has 0 atom stereocenters. The molecule has 0 amide bonds. The van der Waals surface area contributed by atoms with Gasteiger partial charge in [0.2, 0.25) is 5.95 Å². The minimum Gasteiger partial charge on any atom is -0.352 e. The Kier molecular flexibility index (Phi) is 4.34. The fourth-order valence-electron chi connectivity index (χ4n) is 2.36. The quantitative estimate of drug-likeness (QED) is 0.753. The van der Waals surface area contributed by atoms with Crippen LogP contribution in [-0.4, -0.2) is 19.7 Å². The van der Waals surface area contributed by atoms with Crippen LogP contribution in [0.1, 0.15) is 19.4 Å². The molecule has 2 N–H and O–H groups in total. The fourth-order valence-corrected chi connectivity index (χ4v) is 2.57.